The van der Waals surface area contributed by atoms with Crippen LogP contribution >= 0.6 is 15.9 Å². The fraction of sp³-hybridized carbons (Fsp3) is 0. The molecule has 2 heteroatoms. The third-order valence-corrected chi connectivity index (χ3v) is 1.16. The van der Waals surface area contributed by atoms with Crippen molar-refractivity contribution < 1.29 is 17.1 Å². The first-order chi connectivity index (χ1) is 3.39. The van der Waals surface area contributed by atoms with Gasteiger partial charge in [0.15, 0.2) is 0 Å². The molecule has 46 valence electrons. The molecule has 0 unspecified atom stereocenters. The van der Waals surface area contributed by atoms with Gasteiger partial charge in [-0.25, -0.2) is 0 Å². The molecule has 0 aliphatic heterocycles. The zero-order valence-electron chi connectivity index (χ0n) is 3.99. The molecule has 0 amide bonds. The van der Waals surface area contributed by atoms with Crippen molar-refractivity contribution in [3.63, 3.8) is 0 Å². The van der Waals surface area contributed by atoms with Crippen LogP contribution in [0.15, 0.2) is 28.7 Å². The first-order valence-corrected chi connectivity index (χ1v) is 2.81. The summed E-state index contributed by atoms with van der Waals surface area (Å²) in [5.41, 5.74) is 0. The van der Waals surface area contributed by atoms with Crippen molar-refractivity contribution in [3.8, 4) is 0 Å². The van der Waals surface area contributed by atoms with Crippen molar-refractivity contribution in [3.05, 3.63) is 34.8 Å². The first kappa shape index (κ1) is 8.22. The van der Waals surface area contributed by atoms with Crippen molar-refractivity contribution >= 4 is 15.9 Å². The summed E-state index contributed by atoms with van der Waals surface area (Å²) in [5.74, 6) is 0. The van der Waals surface area contributed by atoms with Gasteiger partial charge < -0.3 is 0 Å². The van der Waals surface area contributed by atoms with Crippen molar-refractivity contribution in [1.82, 2.24) is 0 Å². The Bertz CT molecular complexity index is 138. The normalized spacial score (nSPS) is 7.62. The summed E-state index contributed by atoms with van der Waals surface area (Å²) in [6.07, 6.45) is 0. The molecule has 0 aliphatic carbocycles. The third-order valence-electron chi connectivity index (χ3n) is 0.671. The Morgan fingerprint density at radius 3 is 2.38 bits per heavy atom. The van der Waals surface area contributed by atoms with E-state index in [1.54, 1.807) is 0 Å². The molecule has 1 aromatic carbocycles. The molecule has 0 atom stereocenters. The maximum atomic E-state index is 3.26. The smallest absolute Gasteiger partial charge is 0.176 e. The Morgan fingerprint density at radius 1 is 1.38 bits per heavy atom. The Kier molecular flexibility index (Phi) is 4.25. The van der Waals surface area contributed by atoms with E-state index in [1.165, 1.54) is 0 Å². The SMILES string of the molecule is Brc1[c-]cccc1.[Cu+]. The Balaban J connectivity index is 0.000000490. The van der Waals surface area contributed by atoms with Crippen LogP contribution in [0.5, 0.6) is 0 Å². The van der Waals surface area contributed by atoms with Crippen molar-refractivity contribution in [2.75, 3.05) is 0 Å². The molecule has 1 rings (SSSR count). The van der Waals surface area contributed by atoms with Gasteiger partial charge in [-0.2, -0.15) is 30.3 Å². The van der Waals surface area contributed by atoms with Crippen LogP contribution in [-0.4, -0.2) is 0 Å². The van der Waals surface area contributed by atoms with E-state index in [1.807, 2.05) is 24.3 Å². The Labute approximate surface area is 67.9 Å². The molecular formula is C6H4BrCu. The minimum atomic E-state index is 0. The van der Waals surface area contributed by atoms with E-state index in [-0.39, 0.29) is 17.1 Å². The van der Waals surface area contributed by atoms with Gasteiger partial charge in [0.2, 0.25) is 0 Å². The molecule has 0 N–H and O–H groups in total. The quantitative estimate of drug-likeness (QED) is 0.464. The summed E-state index contributed by atoms with van der Waals surface area (Å²) in [4.78, 5) is 0. The number of hydrogen-bond acceptors (Lipinski definition) is 0. The van der Waals surface area contributed by atoms with E-state index in [9.17, 15) is 0 Å². The largest absolute Gasteiger partial charge is 1.00 e. The van der Waals surface area contributed by atoms with Gasteiger partial charge in [0.05, 0.1) is 0 Å². The summed E-state index contributed by atoms with van der Waals surface area (Å²) in [6, 6.07) is 10.7. The fourth-order valence-corrected chi connectivity index (χ4v) is 0.656. The van der Waals surface area contributed by atoms with Crippen LogP contribution in [0.25, 0.3) is 0 Å². The molecule has 8 heavy (non-hydrogen) atoms. The van der Waals surface area contributed by atoms with Gasteiger partial charge >= 0.3 is 17.1 Å². The van der Waals surface area contributed by atoms with Gasteiger partial charge in [-0.15, -0.1) is 0 Å². The van der Waals surface area contributed by atoms with Gasteiger partial charge in [0.1, 0.15) is 0 Å². The monoisotopic (exact) mass is 218 g/mol. The van der Waals surface area contributed by atoms with E-state index in [0.29, 0.717) is 0 Å². The number of halogens is 1. The average Bonchev–Trinajstić information content (AvgIpc) is 1.69. The number of rotatable bonds is 0. The molecular weight excluding hydrogens is 216 g/mol. The Hall–Kier alpha value is 0.219. The molecule has 0 heterocycles. The van der Waals surface area contributed by atoms with Crippen LogP contribution in [0.1, 0.15) is 0 Å². The topological polar surface area (TPSA) is 0 Å². The van der Waals surface area contributed by atoms with Gasteiger partial charge in [0.25, 0.3) is 0 Å². The van der Waals surface area contributed by atoms with E-state index in [0.717, 1.165) is 4.47 Å². The van der Waals surface area contributed by atoms with E-state index < -0.39 is 0 Å². The second kappa shape index (κ2) is 4.13. The number of hydrogen-bond donors (Lipinski definition) is 0. The van der Waals surface area contributed by atoms with E-state index in [2.05, 4.69) is 22.0 Å². The van der Waals surface area contributed by atoms with Crippen molar-refractivity contribution in [2.45, 2.75) is 0 Å². The molecule has 1 aromatic rings. The van der Waals surface area contributed by atoms with Crippen molar-refractivity contribution in [1.29, 1.82) is 0 Å². The van der Waals surface area contributed by atoms with Gasteiger partial charge in [-0.3, -0.25) is 0 Å². The second-order valence-corrected chi connectivity index (χ2v) is 2.06. The molecule has 0 saturated heterocycles. The maximum Gasteiger partial charge on any atom is 1.00 e. The minimum absolute atomic E-state index is 0. The zero-order chi connectivity index (χ0) is 5.11. The second-order valence-electron chi connectivity index (χ2n) is 1.21. The zero-order valence-corrected chi connectivity index (χ0v) is 6.52. The van der Waals surface area contributed by atoms with E-state index >= 15 is 0 Å². The molecule has 0 bridgehead atoms. The molecule has 0 aliphatic rings. The summed E-state index contributed by atoms with van der Waals surface area (Å²) in [7, 11) is 0. The predicted molar refractivity (Wildman–Crippen MR) is 33.0 cm³/mol. The first-order valence-electron chi connectivity index (χ1n) is 2.02. The molecule has 0 nitrogen and oxygen atoms in total. The van der Waals surface area contributed by atoms with Crippen LogP contribution in [0, 0.1) is 6.07 Å². The van der Waals surface area contributed by atoms with Crippen LogP contribution in [0.2, 0.25) is 0 Å². The summed E-state index contributed by atoms with van der Waals surface area (Å²) >= 11 is 3.26. The molecule has 0 fully saturated rings. The standard InChI is InChI=1S/C6H4Br.Cu/c7-6-4-2-1-3-5-6;/h1-4H;/q-1;+1. The van der Waals surface area contributed by atoms with Crippen molar-refractivity contribution in [2.24, 2.45) is 0 Å². The van der Waals surface area contributed by atoms with Crippen LogP contribution in [0.3, 0.4) is 0 Å². The molecule has 0 saturated carbocycles. The molecule has 0 aromatic heterocycles. The third kappa shape index (κ3) is 2.51. The Morgan fingerprint density at radius 2 is 2.12 bits per heavy atom. The fourth-order valence-electron chi connectivity index (χ4n) is 0.371. The van der Waals surface area contributed by atoms with Gasteiger partial charge in [0, 0.05) is 0 Å². The summed E-state index contributed by atoms with van der Waals surface area (Å²) in [5, 5.41) is 0. The minimum Gasteiger partial charge on any atom is -0.176 e. The average molecular weight is 220 g/mol. The summed E-state index contributed by atoms with van der Waals surface area (Å²) < 4.78 is 1.01. The summed E-state index contributed by atoms with van der Waals surface area (Å²) in [6.45, 7) is 0. The van der Waals surface area contributed by atoms with Crippen LogP contribution in [0.4, 0.5) is 0 Å². The molecule has 0 radical (unpaired) electrons. The van der Waals surface area contributed by atoms with Gasteiger partial charge in [-0.1, -0.05) is 20.4 Å². The predicted octanol–water partition coefficient (Wildman–Crippen LogP) is 2.25. The number of benzene rings is 1. The maximum absolute atomic E-state index is 3.26. The van der Waals surface area contributed by atoms with E-state index in [4.69, 9.17) is 0 Å². The van der Waals surface area contributed by atoms with Crippen LogP contribution in [-0.2, 0) is 17.1 Å². The van der Waals surface area contributed by atoms with Gasteiger partial charge in [-0.05, 0) is 0 Å². The van der Waals surface area contributed by atoms with Crippen LogP contribution < -0.4 is 0 Å². The molecule has 0 spiro atoms.